The molecule has 3 N–H and O–H groups in total. The molecule has 0 fully saturated rings. The number of H-pyrrole nitrogens is 1. The van der Waals surface area contributed by atoms with Gasteiger partial charge in [0.15, 0.2) is 11.7 Å². The summed E-state index contributed by atoms with van der Waals surface area (Å²) in [5.41, 5.74) is 0.963. The Morgan fingerprint density at radius 3 is 2.82 bits per heavy atom. The maximum atomic E-state index is 5.46. The van der Waals surface area contributed by atoms with Crippen molar-refractivity contribution in [3.8, 4) is 23.1 Å². The summed E-state index contributed by atoms with van der Waals surface area (Å²) in [6, 6.07) is 9.23. The standard InChI is InChI=1S/C19H24N6O3/c1-12(14-10-13(26-3)7-8-15(14)27-4)22-19(20-2)21-11-17-23-18(25-24-17)16-6-5-9-28-16/h5-10,12H,11H2,1-4H3,(H2,20,21,22)(H,23,24,25). The molecule has 0 bridgehead atoms. The Morgan fingerprint density at radius 1 is 1.29 bits per heavy atom. The number of methoxy groups -OCH3 is 2. The molecule has 3 rings (SSSR count). The summed E-state index contributed by atoms with van der Waals surface area (Å²) < 4.78 is 16.1. The highest BCUT2D eigenvalue weighted by atomic mass is 16.5. The summed E-state index contributed by atoms with van der Waals surface area (Å²) in [5, 5.41) is 13.6. The van der Waals surface area contributed by atoms with Gasteiger partial charge in [0.2, 0.25) is 5.82 Å². The summed E-state index contributed by atoms with van der Waals surface area (Å²) in [7, 11) is 4.99. The van der Waals surface area contributed by atoms with E-state index < -0.39 is 0 Å². The lowest BCUT2D eigenvalue weighted by Gasteiger charge is -2.20. The van der Waals surface area contributed by atoms with E-state index in [0.29, 0.717) is 29.9 Å². The molecule has 0 aliphatic heterocycles. The second kappa shape index (κ2) is 8.94. The fraction of sp³-hybridized carbons (Fsp3) is 0.316. The number of aromatic nitrogens is 3. The zero-order chi connectivity index (χ0) is 19.9. The molecule has 0 saturated heterocycles. The van der Waals surface area contributed by atoms with E-state index in [2.05, 4.69) is 30.8 Å². The maximum absolute atomic E-state index is 5.46. The molecule has 9 heteroatoms. The van der Waals surface area contributed by atoms with Gasteiger partial charge in [0.25, 0.3) is 0 Å². The highest BCUT2D eigenvalue weighted by Crippen LogP contribution is 2.29. The lowest BCUT2D eigenvalue weighted by molar-refractivity contribution is 0.394. The van der Waals surface area contributed by atoms with Gasteiger partial charge in [0.05, 0.1) is 33.1 Å². The van der Waals surface area contributed by atoms with Crippen LogP contribution in [0.2, 0.25) is 0 Å². The molecule has 0 spiro atoms. The first-order valence-electron chi connectivity index (χ1n) is 8.79. The van der Waals surface area contributed by atoms with Crippen molar-refractivity contribution in [2.45, 2.75) is 19.5 Å². The molecule has 148 valence electrons. The van der Waals surface area contributed by atoms with Gasteiger partial charge in [-0.1, -0.05) is 0 Å². The number of hydrogen-bond donors (Lipinski definition) is 3. The smallest absolute Gasteiger partial charge is 0.216 e. The molecule has 0 aliphatic rings. The summed E-state index contributed by atoms with van der Waals surface area (Å²) in [6.07, 6.45) is 1.59. The van der Waals surface area contributed by atoms with Gasteiger partial charge in [-0.25, -0.2) is 4.98 Å². The third kappa shape index (κ3) is 4.43. The number of guanidine groups is 1. The van der Waals surface area contributed by atoms with E-state index in [4.69, 9.17) is 13.9 Å². The van der Waals surface area contributed by atoms with Crippen LogP contribution in [-0.2, 0) is 6.54 Å². The first kappa shape index (κ1) is 19.3. The minimum absolute atomic E-state index is 0.0651. The van der Waals surface area contributed by atoms with Crippen LogP contribution in [0.1, 0.15) is 24.4 Å². The largest absolute Gasteiger partial charge is 0.497 e. The number of nitrogens with zero attached hydrogens (tertiary/aromatic N) is 3. The summed E-state index contributed by atoms with van der Waals surface area (Å²) in [5.74, 6) is 3.95. The Kier molecular flexibility index (Phi) is 6.15. The lowest BCUT2D eigenvalue weighted by atomic mass is 10.1. The van der Waals surface area contributed by atoms with Gasteiger partial charge in [-0.2, -0.15) is 0 Å². The van der Waals surface area contributed by atoms with Gasteiger partial charge in [0.1, 0.15) is 17.3 Å². The van der Waals surface area contributed by atoms with E-state index in [0.717, 1.165) is 17.1 Å². The molecule has 1 atom stereocenters. The lowest BCUT2D eigenvalue weighted by Crippen LogP contribution is -2.38. The van der Waals surface area contributed by atoms with Crippen molar-refractivity contribution in [3.63, 3.8) is 0 Å². The summed E-state index contributed by atoms with van der Waals surface area (Å²) in [6.45, 7) is 2.45. The molecule has 2 heterocycles. The predicted octanol–water partition coefficient (Wildman–Crippen LogP) is 2.51. The van der Waals surface area contributed by atoms with Gasteiger partial charge >= 0.3 is 0 Å². The van der Waals surface area contributed by atoms with Crippen molar-refractivity contribution in [1.29, 1.82) is 0 Å². The topological polar surface area (TPSA) is 110 Å². The van der Waals surface area contributed by atoms with Crippen LogP contribution >= 0.6 is 0 Å². The molecule has 0 saturated carbocycles. The number of aliphatic imine (C=N–C) groups is 1. The zero-order valence-electron chi connectivity index (χ0n) is 16.3. The Bertz CT molecular complexity index is 920. The maximum Gasteiger partial charge on any atom is 0.216 e. The van der Waals surface area contributed by atoms with Crippen LogP contribution in [0.25, 0.3) is 11.6 Å². The van der Waals surface area contributed by atoms with Crippen LogP contribution < -0.4 is 20.1 Å². The third-order valence-electron chi connectivity index (χ3n) is 4.18. The minimum atomic E-state index is -0.0651. The first-order chi connectivity index (χ1) is 13.6. The van der Waals surface area contributed by atoms with Crippen molar-refractivity contribution < 1.29 is 13.9 Å². The van der Waals surface area contributed by atoms with Gasteiger partial charge < -0.3 is 24.5 Å². The molecule has 1 aromatic carbocycles. The van der Waals surface area contributed by atoms with E-state index >= 15 is 0 Å². The van der Waals surface area contributed by atoms with E-state index in [1.54, 1.807) is 33.6 Å². The SMILES string of the molecule is CN=C(NCc1nc(-c2ccco2)n[nH]1)NC(C)c1cc(OC)ccc1OC. The van der Waals surface area contributed by atoms with Crippen LogP contribution in [0.5, 0.6) is 11.5 Å². The Morgan fingerprint density at radius 2 is 2.14 bits per heavy atom. The fourth-order valence-corrected chi connectivity index (χ4v) is 2.71. The molecular weight excluding hydrogens is 360 g/mol. The molecule has 3 aromatic rings. The zero-order valence-corrected chi connectivity index (χ0v) is 16.3. The molecule has 0 aliphatic carbocycles. The molecule has 0 amide bonds. The Labute approximate surface area is 163 Å². The number of ether oxygens (including phenoxy) is 2. The number of aromatic amines is 1. The highest BCUT2D eigenvalue weighted by molar-refractivity contribution is 5.80. The number of benzene rings is 1. The fourth-order valence-electron chi connectivity index (χ4n) is 2.71. The quantitative estimate of drug-likeness (QED) is 0.424. The van der Waals surface area contributed by atoms with Crippen molar-refractivity contribution in [2.75, 3.05) is 21.3 Å². The second-order valence-electron chi connectivity index (χ2n) is 5.98. The normalized spacial score (nSPS) is 12.5. The number of furan rings is 1. The van der Waals surface area contributed by atoms with Crippen LogP contribution in [0.15, 0.2) is 46.0 Å². The van der Waals surface area contributed by atoms with Gasteiger partial charge in [-0.05, 0) is 37.3 Å². The van der Waals surface area contributed by atoms with Crippen molar-refractivity contribution >= 4 is 5.96 Å². The van der Waals surface area contributed by atoms with Crippen molar-refractivity contribution in [3.05, 3.63) is 48.0 Å². The van der Waals surface area contributed by atoms with Crippen molar-refractivity contribution in [1.82, 2.24) is 25.8 Å². The minimum Gasteiger partial charge on any atom is -0.497 e. The van der Waals surface area contributed by atoms with Crippen LogP contribution in [-0.4, -0.2) is 42.4 Å². The van der Waals surface area contributed by atoms with E-state index in [1.807, 2.05) is 31.2 Å². The average molecular weight is 384 g/mol. The van der Waals surface area contributed by atoms with Gasteiger partial charge in [-0.3, -0.25) is 10.1 Å². The van der Waals surface area contributed by atoms with E-state index in [9.17, 15) is 0 Å². The molecule has 28 heavy (non-hydrogen) atoms. The van der Waals surface area contributed by atoms with Crippen LogP contribution in [0.3, 0.4) is 0 Å². The predicted molar refractivity (Wildman–Crippen MR) is 105 cm³/mol. The number of rotatable bonds is 7. The second-order valence-corrected chi connectivity index (χ2v) is 5.98. The molecule has 1 unspecified atom stereocenters. The molecule has 0 radical (unpaired) electrons. The average Bonchev–Trinajstić information content (AvgIpc) is 3.42. The Balaban J connectivity index is 1.63. The molecule has 2 aromatic heterocycles. The van der Waals surface area contributed by atoms with Crippen molar-refractivity contribution in [2.24, 2.45) is 4.99 Å². The van der Waals surface area contributed by atoms with Crippen LogP contribution in [0, 0.1) is 0 Å². The Hall–Kier alpha value is -3.49. The number of nitrogens with one attached hydrogen (secondary N) is 3. The summed E-state index contributed by atoms with van der Waals surface area (Å²) >= 11 is 0. The third-order valence-corrected chi connectivity index (χ3v) is 4.18. The number of hydrogen-bond acceptors (Lipinski definition) is 6. The van der Waals surface area contributed by atoms with E-state index in [1.165, 1.54) is 0 Å². The molecule has 9 nitrogen and oxygen atoms in total. The summed E-state index contributed by atoms with van der Waals surface area (Å²) in [4.78, 5) is 8.67. The van der Waals surface area contributed by atoms with Crippen LogP contribution in [0.4, 0.5) is 0 Å². The van der Waals surface area contributed by atoms with Gasteiger partial charge in [0, 0.05) is 12.6 Å². The van der Waals surface area contributed by atoms with E-state index in [-0.39, 0.29) is 6.04 Å². The highest BCUT2D eigenvalue weighted by Gasteiger charge is 2.15. The molecular formula is C19H24N6O3. The monoisotopic (exact) mass is 384 g/mol. The van der Waals surface area contributed by atoms with Gasteiger partial charge in [-0.15, -0.1) is 5.10 Å². The first-order valence-corrected chi connectivity index (χ1v) is 8.79.